The molecule has 1 fully saturated rings. The highest BCUT2D eigenvalue weighted by Crippen LogP contribution is 2.28. The molecule has 1 aliphatic rings. The second-order valence-electron chi connectivity index (χ2n) is 5.02. The van der Waals surface area contributed by atoms with Gasteiger partial charge in [-0.05, 0) is 49.5 Å². The number of carbonyl (C=O) groups excluding carboxylic acids is 1. The quantitative estimate of drug-likeness (QED) is 0.859. The molecular weight excluding hydrogens is 246 g/mol. The molecule has 3 nitrogen and oxygen atoms in total. The Balaban J connectivity index is 1.66. The van der Waals surface area contributed by atoms with Crippen molar-refractivity contribution in [2.45, 2.75) is 32.1 Å². The van der Waals surface area contributed by atoms with Crippen LogP contribution in [0.3, 0.4) is 0 Å². The number of rotatable bonds is 5. The van der Waals surface area contributed by atoms with Gasteiger partial charge < -0.3 is 10.4 Å². The van der Waals surface area contributed by atoms with Gasteiger partial charge in [0.25, 0.3) is 0 Å². The van der Waals surface area contributed by atoms with Crippen LogP contribution < -0.4 is 5.32 Å². The van der Waals surface area contributed by atoms with Crippen molar-refractivity contribution < 1.29 is 9.90 Å². The van der Waals surface area contributed by atoms with Gasteiger partial charge >= 0.3 is 0 Å². The minimum absolute atomic E-state index is 0.163. The molecule has 0 bridgehead atoms. The van der Waals surface area contributed by atoms with E-state index in [0.717, 1.165) is 38.6 Å². The van der Waals surface area contributed by atoms with Crippen LogP contribution in [0.4, 0.5) is 0 Å². The van der Waals surface area contributed by atoms with E-state index in [2.05, 4.69) is 16.8 Å². The summed E-state index contributed by atoms with van der Waals surface area (Å²) >= 11 is 1.73. The van der Waals surface area contributed by atoms with E-state index in [1.165, 1.54) is 4.88 Å². The summed E-state index contributed by atoms with van der Waals surface area (Å²) < 4.78 is 0. The van der Waals surface area contributed by atoms with Crippen molar-refractivity contribution in [1.29, 1.82) is 0 Å². The Morgan fingerprint density at radius 3 is 2.78 bits per heavy atom. The molecule has 4 heteroatoms. The average molecular weight is 267 g/mol. The lowest BCUT2D eigenvalue weighted by Gasteiger charge is -2.26. The van der Waals surface area contributed by atoms with E-state index in [0.29, 0.717) is 5.92 Å². The molecule has 2 N–H and O–H groups in total. The summed E-state index contributed by atoms with van der Waals surface area (Å²) in [4.78, 5) is 13.3. The molecular formula is C14H21NO2S. The largest absolute Gasteiger partial charge is 0.396 e. The molecule has 100 valence electrons. The molecule has 1 heterocycles. The molecule has 1 aromatic heterocycles. The maximum atomic E-state index is 12.0. The highest BCUT2D eigenvalue weighted by molar-refractivity contribution is 7.09. The summed E-state index contributed by atoms with van der Waals surface area (Å²) in [6.07, 6.45) is 4.75. The maximum absolute atomic E-state index is 12.0. The zero-order chi connectivity index (χ0) is 12.8. The van der Waals surface area contributed by atoms with Crippen LogP contribution in [0.5, 0.6) is 0 Å². The maximum Gasteiger partial charge on any atom is 0.223 e. The zero-order valence-corrected chi connectivity index (χ0v) is 11.4. The van der Waals surface area contributed by atoms with Crippen LogP contribution in [-0.4, -0.2) is 24.2 Å². The second kappa shape index (κ2) is 6.90. The summed E-state index contributed by atoms with van der Waals surface area (Å²) in [6, 6.07) is 4.14. The number of amides is 1. The molecule has 1 saturated carbocycles. The molecule has 0 aliphatic heterocycles. The van der Waals surface area contributed by atoms with Gasteiger partial charge in [-0.2, -0.15) is 0 Å². The molecule has 0 radical (unpaired) electrons. The van der Waals surface area contributed by atoms with Gasteiger partial charge in [-0.3, -0.25) is 4.79 Å². The number of hydrogen-bond acceptors (Lipinski definition) is 3. The number of thiophene rings is 1. The number of nitrogens with one attached hydrogen (secondary N) is 1. The summed E-state index contributed by atoms with van der Waals surface area (Å²) in [5.74, 6) is 0.777. The molecule has 1 amide bonds. The van der Waals surface area contributed by atoms with Gasteiger partial charge in [-0.1, -0.05) is 6.07 Å². The van der Waals surface area contributed by atoms with Crippen molar-refractivity contribution >= 4 is 17.2 Å². The molecule has 1 aliphatic carbocycles. The summed E-state index contributed by atoms with van der Waals surface area (Å²) in [5, 5.41) is 14.2. The Hall–Kier alpha value is -0.870. The van der Waals surface area contributed by atoms with E-state index in [-0.39, 0.29) is 18.4 Å². The normalized spacial score (nSPS) is 23.8. The molecule has 0 spiro atoms. The average Bonchev–Trinajstić information content (AvgIpc) is 2.92. The Bertz CT molecular complexity index is 356. The van der Waals surface area contributed by atoms with E-state index in [1.54, 1.807) is 11.3 Å². The van der Waals surface area contributed by atoms with Crippen LogP contribution in [0.25, 0.3) is 0 Å². The van der Waals surface area contributed by atoms with Crippen molar-refractivity contribution in [3.63, 3.8) is 0 Å². The number of aliphatic hydroxyl groups excluding tert-OH is 1. The molecule has 0 saturated heterocycles. The van der Waals surface area contributed by atoms with E-state index in [1.807, 2.05) is 6.07 Å². The first-order valence-electron chi connectivity index (χ1n) is 6.70. The first-order chi connectivity index (χ1) is 8.79. The first kappa shape index (κ1) is 13.6. The van der Waals surface area contributed by atoms with Crippen LogP contribution in [0.2, 0.25) is 0 Å². The van der Waals surface area contributed by atoms with Crippen LogP contribution in [0.15, 0.2) is 17.5 Å². The Morgan fingerprint density at radius 1 is 1.39 bits per heavy atom. The lowest BCUT2D eigenvalue weighted by molar-refractivity contribution is -0.126. The fourth-order valence-corrected chi connectivity index (χ4v) is 3.22. The van der Waals surface area contributed by atoms with Gasteiger partial charge in [0, 0.05) is 23.9 Å². The van der Waals surface area contributed by atoms with Crippen molar-refractivity contribution in [1.82, 2.24) is 5.32 Å². The van der Waals surface area contributed by atoms with E-state index >= 15 is 0 Å². The summed E-state index contributed by atoms with van der Waals surface area (Å²) in [5.41, 5.74) is 0. The molecule has 0 atom stereocenters. The lowest BCUT2D eigenvalue weighted by atomic mass is 9.82. The minimum Gasteiger partial charge on any atom is -0.396 e. The van der Waals surface area contributed by atoms with Gasteiger partial charge in [0.05, 0.1) is 0 Å². The topological polar surface area (TPSA) is 49.3 Å². The van der Waals surface area contributed by atoms with Gasteiger partial charge in [-0.25, -0.2) is 0 Å². The van der Waals surface area contributed by atoms with Crippen molar-refractivity contribution in [2.75, 3.05) is 13.2 Å². The fourth-order valence-electron chi connectivity index (χ4n) is 2.52. The highest BCUT2D eigenvalue weighted by Gasteiger charge is 2.25. The molecule has 0 aromatic carbocycles. The predicted octanol–water partition coefficient (Wildman–Crippen LogP) is 2.21. The van der Waals surface area contributed by atoms with Crippen molar-refractivity contribution in [3.8, 4) is 0 Å². The fraction of sp³-hybridized carbons (Fsp3) is 0.643. The van der Waals surface area contributed by atoms with Crippen molar-refractivity contribution in [3.05, 3.63) is 22.4 Å². The van der Waals surface area contributed by atoms with Crippen molar-refractivity contribution in [2.24, 2.45) is 11.8 Å². The molecule has 2 rings (SSSR count). The third-order valence-corrected chi connectivity index (χ3v) is 4.66. The van der Waals surface area contributed by atoms with Gasteiger partial charge in [0.2, 0.25) is 5.91 Å². The first-order valence-corrected chi connectivity index (χ1v) is 7.58. The van der Waals surface area contributed by atoms with Crippen LogP contribution >= 0.6 is 11.3 Å². The van der Waals surface area contributed by atoms with Crippen LogP contribution in [-0.2, 0) is 11.2 Å². The zero-order valence-electron chi connectivity index (χ0n) is 10.6. The third-order valence-electron chi connectivity index (χ3n) is 3.73. The lowest BCUT2D eigenvalue weighted by Crippen LogP contribution is -2.34. The molecule has 1 aromatic rings. The number of aliphatic hydroxyl groups is 1. The predicted molar refractivity (Wildman–Crippen MR) is 73.6 cm³/mol. The Labute approximate surface area is 112 Å². The second-order valence-corrected chi connectivity index (χ2v) is 6.05. The monoisotopic (exact) mass is 267 g/mol. The van der Waals surface area contributed by atoms with E-state index < -0.39 is 0 Å². The van der Waals surface area contributed by atoms with Crippen LogP contribution in [0.1, 0.15) is 30.6 Å². The van der Waals surface area contributed by atoms with E-state index in [9.17, 15) is 4.79 Å². The van der Waals surface area contributed by atoms with E-state index in [4.69, 9.17) is 5.11 Å². The smallest absolute Gasteiger partial charge is 0.223 e. The number of carbonyl (C=O) groups is 1. The van der Waals surface area contributed by atoms with Gasteiger partial charge in [-0.15, -0.1) is 11.3 Å². The highest BCUT2D eigenvalue weighted by atomic mass is 32.1. The summed E-state index contributed by atoms with van der Waals surface area (Å²) in [6.45, 7) is 1.01. The standard InChI is InChI=1S/C14H21NO2S/c16-10-11-3-5-12(6-4-11)14(17)15-8-7-13-2-1-9-18-13/h1-2,9,11-12,16H,3-8,10H2,(H,15,17). The molecule has 0 unspecified atom stereocenters. The Morgan fingerprint density at radius 2 is 2.17 bits per heavy atom. The summed E-state index contributed by atoms with van der Waals surface area (Å²) in [7, 11) is 0. The van der Waals surface area contributed by atoms with Gasteiger partial charge in [0.15, 0.2) is 0 Å². The SMILES string of the molecule is O=C(NCCc1cccs1)C1CCC(CO)CC1. The molecule has 18 heavy (non-hydrogen) atoms. The van der Waals surface area contributed by atoms with Gasteiger partial charge in [0.1, 0.15) is 0 Å². The van der Waals surface area contributed by atoms with Crippen LogP contribution in [0, 0.1) is 11.8 Å². The third kappa shape index (κ3) is 3.82. The number of hydrogen-bond donors (Lipinski definition) is 2. The minimum atomic E-state index is 0.163. The Kier molecular flexibility index (Phi) is 5.20.